The molecule has 1 aromatic carbocycles. The van der Waals surface area contributed by atoms with Gasteiger partial charge in [0.2, 0.25) is 0 Å². The molecule has 0 heterocycles. The van der Waals surface area contributed by atoms with Crippen LogP contribution in [0, 0.1) is 5.92 Å². The average Bonchev–Trinajstić information content (AvgIpc) is 2.53. The van der Waals surface area contributed by atoms with Gasteiger partial charge in [0.15, 0.2) is 0 Å². The van der Waals surface area contributed by atoms with E-state index < -0.39 is 12.9 Å². The predicted molar refractivity (Wildman–Crippen MR) is 91.7 cm³/mol. The highest BCUT2D eigenvalue weighted by molar-refractivity contribution is 7.55. The Kier molecular flexibility index (Phi) is 7.91. The third-order valence-corrected chi connectivity index (χ3v) is 6.75. The summed E-state index contributed by atoms with van der Waals surface area (Å²) in [4.78, 5) is 0. The maximum Gasteiger partial charge on any atom is 0.352 e. The third-order valence-electron chi connectivity index (χ3n) is 4.07. The van der Waals surface area contributed by atoms with Gasteiger partial charge in [0.05, 0.1) is 13.2 Å². The van der Waals surface area contributed by atoms with Crippen molar-refractivity contribution in [3.05, 3.63) is 35.9 Å². The van der Waals surface area contributed by atoms with Crippen molar-refractivity contribution in [1.29, 1.82) is 0 Å². The van der Waals surface area contributed by atoms with Gasteiger partial charge in [-0.2, -0.15) is 0 Å². The van der Waals surface area contributed by atoms with Gasteiger partial charge in [0.25, 0.3) is 0 Å². The van der Waals surface area contributed by atoms with Gasteiger partial charge >= 0.3 is 7.60 Å². The highest BCUT2D eigenvalue weighted by atomic mass is 31.2. The van der Waals surface area contributed by atoms with Gasteiger partial charge < -0.3 is 9.05 Å². The second kappa shape index (κ2) is 8.95. The van der Waals surface area contributed by atoms with E-state index >= 15 is 0 Å². The Morgan fingerprint density at radius 3 is 2.04 bits per heavy atom. The van der Waals surface area contributed by atoms with Crippen molar-refractivity contribution >= 4 is 7.60 Å². The molecule has 0 aliphatic heterocycles. The second-order valence-electron chi connectivity index (χ2n) is 6.17. The first-order chi connectivity index (χ1) is 10.8. The molecule has 0 saturated carbocycles. The molecule has 1 N–H and O–H groups in total. The maximum atomic E-state index is 13.1. The van der Waals surface area contributed by atoms with Crippen LogP contribution in [0.25, 0.3) is 0 Å². The summed E-state index contributed by atoms with van der Waals surface area (Å²) >= 11 is 0. The quantitative estimate of drug-likeness (QED) is 0.493. The second-order valence-corrected chi connectivity index (χ2v) is 8.67. The Hall–Kier alpha value is -0.710. The first-order valence-electron chi connectivity index (χ1n) is 8.17. The Balaban J connectivity index is 3.17. The fraction of sp³-hybridized carbons (Fsp3) is 0.647. The largest absolute Gasteiger partial charge is 0.352 e. The van der Waals surface area contributed by atoms with Crippen LogP contribution < -0.4 is 5.48 Å². The monoisotopic (exact) mass is 342 g/mol. The van der Waals surface area contributed by atoms with E-state index in [0.29, 0.717) is 6.42 Å². The fourth-order valence-electron chi connectivity index (χ4n) is 2.74. The Bertz CT molecular complexity index is 499. The minimum Gasteiger partial charge on any atom is -0.308 e. The summed E-state index contributed by atoms with van der Waals surface area (Å²) in [5.74, 6) is 0.346. The molecule has 0 aliphatic carbocycles. The van der Waals surface area contributed by atoms with Crippen LogP contribution in [-0.4, -0.2) is 18.5 Å². The van der Waals surface area contributed by atoms with E-state index in [-0.39, 0.29) is 25.0 Å². The smallest absolute Gasteiger partial charge is 0.308 e. The standard InChI is InChI=1S/C17H29NO4P/c1-6-21-23(20,22-7-2)17(5,18-19)13-16(14(3)4)15-11-9-8-10-12-15/h8-12,14,16,18H,6-7,13H2,1-5H3. The lowest BCUT2D eigenvalue weighted by Crippen LogP contribution is -2.42. The average molecular weight is 342 g/mol. The zero-order valence-corrected chi connectivity index (χ0v) is 15.6. The van der Waals surface area contributed by atoms with Crippen LogP contribution in [0.5, 0.6) is 0 Å². The molecule has 6 heteroatoms. The first-order valence-corrected chi connectivity index (χ1v) is 9.71. The van der Waals surface area contributed by atoms with Crippen LogP contribution in [0.3, 0.4) is 0 Å². The summed E-state index contributed by atoms with van der Waals surface area (Å²) in [6.45, 7) is 9.76. The molecule has 0 aliphatic rings. The molecule has 0 spiro atoms. The van der Waals surface area contributed by atoms with Gasteiger partial charge in [-0.3, -0.25) is 4.57 Å². The Morgan fingerprint density at radius 1 is 1.13 bits per heavy atom. The van der Waals surface area contributed by atoms with Crippen LogP contribution in [0.15, 0.2) is 30.3 Å². The lowest BCUT2D eigenvalue weighted by atomic mass is 9.83. The van der Waals surface area contributed by atoms with E-state index in [9.17, 15) is 9.77 Å². The van der Waals surface area contributed by atoms with E-state index in [1.165, 1.54) is 0 Å². The van der Waals surface area contributed by atoms with Gasteiger partial charge in [-0.05, 0) is 44.6 Å². The summed E-state index contributed by atoms with van der Waals surface area (Å²) in [7, 11) is -3.58. The molecule has 5 nitrogen and oxygen atoms in total. The van der Waals surface area contributed by atoms with Crippen molar-refractivity contribution in [2.75, 3.05) is 13.2 Å². The molecule has 0 bridgehead atoms. The minimum absolute atomic E-state index is 0.0666. The summed E-state index contributed by atoms with van der Waals surface area (Å²) in [5.41, 5.74) is 3.10. The number of hydrogen-bond acceptors (Lipinski definition) is 4. The summed E-state index contributed by atoms with van der Waals surface area (Å²) in [6, 6.07) is 9.95. The molecular formula is C17H29NO4P. The molecule has 2 unspecified atom stereocenters. The molecule has 0 fully saturated rings. The number of hydroxylamine groups is 1. The summed E-state index contributed by atoms with van der Waals surface area (Å²) in [6.07, 6.45) is 0.370. The van der Waals surface area contributed by atoms with Gasteiger partial charge in [-0.15, -0.1) is 10.7 Å². The van der Waals surface area contributed by atoms with Crippen molar-refractivity contribution in [3.63, 3.8) is 0 Å². The van der Waals surface area contributed by atoms with Crippen LogP contribution in [0.1, 0.15) is 52.5 Å². The van der Waals surface area contributed by atoms with Crippen LogP contribution in [0.2, 0.25) is 0 Å². The molecule has 0 aromatic heterocycles. The first kappa shape index (κ1) is 20.3. The van der Waals surface area contributed by atoms with Crippen molar-refractivity contribution in [1.82, 2.24) is 5.48 Å². The maximum absolute atomic E-state index is 13.1. The lowest BCUT2D eigenvalue weighted by molar-refractivity contribution is 0.0112. The molecule has 1 aromatic rings. The van der Waals surface area contributed by atoms with Crippen molar-refractivity contribution < 1.29 is 18.8 Å². The molecule has 23 heavy (non-hydrogen) atoms. The number of hydrogen-bond donors (Lipinski definition) is 1. The van der Waals surface area contributed by atoms with E-state index in [4.69, 9.17) is 9.05 Å². The van der Waals surface area contributed by atoms with E-state index in [1.54, 1.807) is 20.8 Å². The predicted octanol–water partition coefficient (Wildman–Crippen LogP) is 4.73. The number of nitrogens with one attached hydrogen (secondary N) is 1. The number of benzene rings is 1. The lowest BCUT2D eigenvalue weighted by Gasteiger charge is -2.37. The van der Waals surface area contributed by atoms with Gasteiger partial charge in [-0.1, -0.05) is 44.2 Å². The van der Waals surface area contributed by atoms with Crippen LogP contribution in [-0.2, 0) is 18.8 Å². The summed E-state index contributed by atoms with van der Waals surface area (Å²) < 4.78 is 24.0. The molecule has 0 saturated heterocycles. The molecule has 1 rings (SSSR count). The normalized spacial score (nSPS) is 16.3. The van der Waals surface area contributed by atoms with Crippen LogP contribution >= 0.6 is 7.60 Å². The Morgan fingerprint density at radius 2 is 1.65 bits per heavy atom. The molecule has 1 radical (unpaired) electrons. The van der Waals surface area contributed by atoms with Gasteiger partial charge in [0, 0.05) is 0 Å². The SMILES string of the molecule is CCOP(=O)(OCC)C(C)(CC(c1ccccc1)C(C)C)N[O]. The van der Waals surface area contributed by atoms with Crippen molar-refractivity contribution in [2.24, 2.45) is 5.92 Å². The van der Waals surface area contributed by atoms with Crippen molar-refractivity contribution in [2.45, 2.75) is 52.2 Å². The zero-order valence-electron chi connectivity index (χ0n) is 14.7. The van der Waals surface area contributed by atoms with Gasteiger partial charge in [0.1, 0.15) is 5.28 Å². The van der Waals surface area contributed by atoms with Crippen LogP contribution in [0.4, 0.5) is 0 Å². The van der Waals surface area contributed by atoms with E-state index in [2.05, 4.69) is 13.8 Å². The fourth-order valence-corrected chi connectivity index (χ4v) is 4.59. The van der Waals surface area contributed by atoms with E-state index in [1.807, 2.05) is 35.8 Å². The van der Waals surface area contributed by atoms with Crippen molar-refractivity contribution in [3.8, 4) is 0 Å². The van der Waals surface area contributed by atoms with Gasteiger partial charge in [-0.25, -0.2) is 0 Å². The topological polar surface area (TPSA) is 67.5 Å². The third kappa shape index (κ3) is 4.88. The molecule has 0 amide bonds. The molecule has 2 atom stereocenters. The number of rotatable bonds is 10. The highest BCUT2D eigenvalue weighted by Crippen LogP contribution is 2.61. The Labute approximate surface area is 139 Å². The zero-order chi connectivity index (χ0) is 17.5. The van der Waals surface area contributed by atoms with E-state index in [0.717, 1.165) is 5.56 Å². The molecular weight excluding hydrogens is 313 g/mol. The molecule has 131 valence electrons. The minimum atomic E-state index is -3.58. The summed E-state index contributed by atoms with van der Waals surface area (Å²) in [5, 5.41) is 10.5. The highest BCUT2D eigenvalue weighted by Gasteiger charge is 2.49.